The van der Waals surface area contributed by atoms with Crippen LogP contribution in [-0.4, -0.2) is 34.4 Å². The molecule has 7 nitrogen and oxygen atoms in total. The third-order valence-electron chi connectivity index (χ3n) is 3.54. The number of nitrogens with zero attached hydrogens (tertiary/aromatic N) is 1. The second-order valence-electron chi connectivity index (χ2n) is 5.45. The zero-order valence-corrected chi connectivity index (χ0v) is 17.2. The van der Waals surface area contributed by atoms with Crippen molar-refractivity contribution in [3.05, 3.63) is 28.1 Å². The lowest BCUT2D eigenvalue weighted by molar-refractivity contribution is 0.0691. The van der Waals surface area contributed by atoms with E-state index in [2.05, 4.69) is 4.52 Å². The highest BCUT2D eigenvalue weighted by Crippen LogP contribution is 2.60. The van der Waals surface area contributed by atoms with Gasteiger partial charge in [-0.05, 0) is 25.5 Å². The molecular formula is C16H17F2N2O5PS2. The Morgan fingerprint density at radius 1 is 1.50 bits per heavy atom. The van der Waals surface area contributed by atoms with Crippen LogP contribution in [0.25, 0.3) is 10.1 Å². The molecule has 0 aliphatic heterocycles. The molecule has 0 amide bonds. The van der Waals surface area contributed by atoms with Crippen LogP contribution in [-0.2, 0) is 21.2 Å². The first-order valence-corrected chi connectivity index (χ1v) is 11.4. The number of ether oxygens (including phenoxy) is 1. The number of nitriles is 1. The van der Waals surface area contributed by atoms with Crippen molar-refractivity contribution in [2.24, 2.45) is 5.14 Å². The fraction of sp³-hybridized carbons (Fsp3) is 0.375. The van der Waals surface area contributed by atoms with Gasteiger partial charge in [0, 0.05) is 16.7 Å². The van der Waals surface area contributed by atoms with Crippen LogP contribution < -0.4 is 9.88 Å². The van der Waals surface area contributed by atoms with Crippen LogP contribution in [0.1, 0.15) is 34.1 Å². The Hall–Kier alpha value is -1.54. The number of fused-ring (bicyclic) bond motifs is 1. The molecule has 0 fully saturated rings. The number of halogens is 2. The summed E-state index contributed by atoms with van der Waals surface area (Å²) in [5, 5.41) is 14.7. The van der Waals surface area contributed by atoms with Gasteiger partial charge in [-0.1, -0.05) is 0 Å². The van der Waals surface area contributed by atoms with Gasteiger partial charge in [0.1, 0.15) is 23.0 Å². The molecule has 2 rings (SSSR count). The summed E-state index contributed by atoms with van der Waals surface area (Å²) in [6.45, 7) is 1.45. The molecule has 28 heavy (non-hydrogen) atoms. The lowest BCUT2D eigenvalue weighted by atomic mass is 10.1. The molecule has 0 aliphatic carbocycles. The van der Waals surface area contributed by atoms with E-state index in [1.54, 1.807) is 6.07 Å². The maximum absolute atomic E-state index is 14.7. The first-order chi connectivity index (χ1) is 13.3. The number of benzene rings is 1. The van der Waals surface area contributed by atoms with Crippen LogP contribution in [0.2, 0.25) is 0 Å². The first kappa shape index (κ1) is 22.7. The Labute approximate surface area is 167 Å². The normalized spacial score (nSPS) is 13.9. The topological polar surface area (TPSA) is 123 Å². The Morgan fingerprint density at radius 3 is 2.79 bits per heavy atom. The van der Waals surface area contributed by atoms with Crippen LogP contribution in [0, 0.1) is 11.3 Å². The number of nitrogens with two attached hydrogens (primary N) is 1. The zero-order chi connectivity index (χ0) is 20.9. The largest absolute Gasteiger partial charge is 0.492 e. The van der Waals surface area contributed by atoms with E-state index in [4.69, 9.17) is 9.88 Å². The van der Waals surface area contributed by atoms with Gasteiger partial charge in [0.15, 0.2) is 0 Å². The second kappa shape index (κ2) is 9.78. The van der Waals surface area contributed by atoms with Crippen LogP contribution in [0.15, 0.2) is 12.1 Å². The van der Waals surface area contributed by atoms with Crippen molar-refractivity contribution in [2.45, 2.75) is 19.0 Å². The van der Waals surface area contributed by atoms with Gasteiger partial charge in [-0.25, -0.2) is 4.21 Å². The molecule has 152 valence electrons. The predicted molar refractivity (Wildman–Crippen MR) is 104 cm³/mol. The summed E-state index contributed by atoms with van der Waals surface area (Å²) >= 11 is 0.598. The second-order valence-corrected chi connectivity index (χ2v) is 9.01. The van der Waals surface area contributed by atoms with Gasteiger partial charge in [-0.15, -0.1) is 11.3 Å². The third kappa shape index (κ3) is 4.89. The van der Waals surface area contributed by atoms with Crippen molar-refractivity contribution >= 4 is 47.1 Å². The van der Waals surface area contributed by atoms with Gasteiger partial charge in [0.25, 0.3) is 0 Å². The van der Waals surface area contributed by atoms with Gasteiger partial charge in [0.05, 0.1) is 34.5 Å². The molecule has 0 radical (unpaired) electrons. The molecule has 0 saturated carbocycles. The van der Waals surface area contributed by atoms with E-state index in [1.165, 1.54) is 19.1 Å². The van der Waals surface area contributed by atoms with Crippen molar-refractivity contribution in [1.82, 2.24) is 0 Å². The number of alkyl halides is 2. The van der Waals surface area contributed by atoms with E-state index in [0.717, 1.165) is 0 Å². The highest BCUT2D eigenvalue weighted by atomic mass is 32.2. The van der Waals surface area contributed by atoms with Gasteiger partial charge in [-0.2, -0.15) is 14.0 Å². The van der Waals surface area contributed by atoms with E-state index in [-0.39, 0.29) is 45.9 Å². The Kier molecular flexibility index (Phi) is 7.95. The minimum Gasteiger partial charge on any atom is -0.492 e. The summed E-state index contributed by atoms with van der Waals surface area (Å²) in [5.41, 5.74) is -3.97. The van der Waals surface area contributed by atoms with E-state index in [9.17, 15) is 27.9 Å². The summed E-state index contributed by atoms with van der Waals surface area (Å²) in [6, 6.07) is 4.42. The van der Waals surface area contributed by atoms with E-state index < -0.39 is 29.9 Å². The molecule has 2 atom stereocenters. The average Bonchev–Trinajstić information content (AvgIpc) is 3.04. The minimum atomic E-state index is -3.77. The SMILES string of the molecule is CCOP(O)C(F)(F)c1sc2c(OCCCS(N)=O)cc(C=O)cc2c1C#N. The molecule has 0 bridgehead atoms. The molecule has 12 heteroatoms. The minimum absolute atomic E-state index is 0.0948. The van der Waals surface area contributed by atoms with Crippen LogP contribution >= 0.6 is 19.7 Å². The smallest absolute Gasteiger partial charge is 0.349 e. The molecule has 2 aromatic rings. The molecule has 1 aromatic heterocycles. The fourth-order valence-corrected chi connectivity index (χ4v) is 4.90. The van der Waals surface area contributed by atoms with Gasteiger partial charge in [0.2, 0.25) is 8.38 Å². The first-order valence-electron chi connectivity index (χ1n) is 7.97. The molecule has 0 spiro atoms. The summed E-state index contributed by atoms with van der Waals surface area (Å²) in [5.74, 6) is 0.335. The number of thiophene rings is 1. The van der Waals surface area contributed by atoms with Crippen molar-refractivity contribution in [3.63, 3.8) is 0 Å². The number of hydrogen-bond donors (Lipinski definition) is 2. The molecule has 3 N–H and O–H groups in total. The molecule has 0 saturated heterocycles. The van der Waals surface area contributed by atoms with Crippen molar-refractivity contribution < 1.29 is 31.9 Å². The fourth-order valence-electron chi connectivity index (χ4n) is 2.36. The van der Waals surface area contributed by atoms with Gasteiger partial charge >= 0.3 is 5.66 Å². The van der Waals surface area contributed by atoms with Crippen LogP contribution in [0.5, 0.6) is 5.75 Å². The summed E-state index contributed by atoms with van der Waals surface area (Å²) < 4.78 is 50.8. The number of rotatable bonds is 10. The zero-order valence-electron chi connectivity index (χ0n) is 14.7. The van der Waals surface area contributed by atoms with Crippen LogP contribution in [0.4, 0.5) is 8.78 Å². The maximum atomic E-state index is 14.7. The molecular weight excluding hydrogens is 433 g/mol. The highest BCUT2D eigenvalue weighted by molar-refractivity contribution is 7.82. The molecule has 2 unspecified atom stereocenters. The number of hydrogen-bond acceptors (Lipinski definition) is 7. The summed E-state index contributed by atoms with van der Waals surface area (Å²) in [7, 11) is -4.63. The Morgan fingerprint density at radius 2 is 2.21 bits per heavy atom. The number of carbonyl (C=O) groups excluding carboxylic acids is 1. The summed E-state index contributed by atoms with van der Waals surface area (Å²) in [4.78, 5) is 20.3. The monoisotopic (exact) mass is 450 g/mol. The maximum Gasteiger partial charge on any atom is 0.349 e. The van der Waals surface area contributed by atoms with Gasteiger partial charge < -0.3 is 14.2 Å². The molecule has 1 aromatic carbocycles. The lowest BCUT2D eigenvalue weighted by Gasteiger charge is -2.19. The summed E-state index contributed by atoms with van der Waals surface area (Å²) in [6.07, 6.45) is 0.860. The Bertz CT molecular complexity index is 932. The Balaban J connectivity index is 2.54. The van der Waals surface area contributed by atoms with Crippen molar-refractivity contribution in [3.8, 4) is 11.8 Å². The highest BCUT2D eigenvalue weighted by Gasteiger charge is 2.47. The van der Waals surface area contributed by atoms with Gasteiger partial charge in [-0.3, -0.25) is 9.93 Å². The quantitative estimate of drug-likeness (QED) is 0.325. The van der Waals surface area contributed by atoms with Crippen molar-refractivity contribution in [1.29, 1.82) is 5.26 Å². The van der Waals surface area contributed by atoms with E-state index >= 15 is 0 Å². The van der Waals surface area contributed by atoms with E-state index in [1.807, 2.05) is 0 Å². The predicted octanol–water partition coefficient (Wildman–Crippen LogP) is 3.37. The average molecular weight is 450 g/mol. The third-order valence-corrected chi connectivity index (χ3v) is 6.88. The molecule has 0 aliphatic rings. The van der Waals surface area contributed by atoms with Crippen LogP contribution in [0.3, 0.4) is 0 Å². The standard InChI is InChI=1S/C16H17F2N2O5PS2/c1-2-25-26(22)16(17,18)15-12(8-19)11-6-10(9-21)7-13(14(11)27-15)24-4-3-5-28(20)23/h6-7,9,22H,2-5,20H2,1H3. The lowest BCUT2D eigenvalue weighted by Crippen LogP contribution is -2.12. The molecule has 1 heterocycles. The van der Waals surface area contributed by atoms with Crippen molar-refractivity contribution in [2.75, 3.05) is 19.0 Å². The van der Waals surface area contributed by atoms with E-state index in [0.29, 0.717) is 24.0 Å². The number of carbonyl (C=O) groups is 1. The number of aldehydes is 1.